The predicted octanol–water partition coefficient (Wildman–Crippen LogP) is 2.47. The minimum atomic E-state index is -0.554. The lowest BCUT2D eigenvalue weighted by Gasteiger charge is -2.22. The predicted molar refractivity (Wildman–Crippen MR) is 103 cm³/mol. The van der Waals surface area contributed by atoms with Gasteiger partial charge in [-0.15, -0.1) is 10.2 Å². The lowest BCUT2D eigenvalue weighted by Crippen LogP contribution is -2.27. The SMILES string of the molecule is O=C(Oc1ccc(-c2nnco2)cc1)[C@@H]1CC(=O)N(c2ccc3c(c2)OCCO3)C1. The Labute approximate surface area is 171 Å². The molecular formula is C21H17N3O6. The number of hydrogen-bond acceptors (Lipinski definition) is 8. The number of esters is 1. The van der Waals surface area contributed by atoms with E-state index in [0.717, 1.165) is 0 Å². The number of anilines is 1. The Bertz CT molecular complexity index is 1080. The molecule has 1 atom stereocenters. The summed E-state index contributed by atoms with van der Waals surface area (Å²) in [5, 5.41) is 7.46. The molecule has 2 aliphatic heterocycles. The summed E-state index contributed by atoms with van der Waals surface area (Å²) in [5.74, 6) is 0.865. The normalized spacial score (nSPS) is 17.8. The molecule has 2 aromatic carbocycles. The van der Waals surface area contributed by atoms with Gasteiger partial charge < -0.3 is 23.5 Å². The van der Waals surface area contributed by atoms with Crippen molar-refractivity contribution in [1.82, 2.24) is 10.2 Å². The molecule has 3 aromatic rings. The number of rotatable bonds is 4. The second kappa shape index (κ2) is 7.51. The van der Waals surface area contributed by atoms with Crippen molar-refractivity contribution in [3.63, 3.8) is 0 Å². The lowest BCUT2D eigenvalue weighted by atomic mass is 10.1. The van der Waals surface area contributed by atoms with Crippen LogP contribution in [0.15, 0.2) is 53.3 Å². The van der Waals surface area contributed by atoms with Crippen molar-refractivity contribution >= 4 is 17.6 Å². The van der Waals surface area contributed by atoms with Crippen LogP contribution in [0.3, 0.4) is 0 Å². The third-order valence-electron chi connectivity index (χ3n) is 4.98. The van der Waals surface area contributed by atoms with E-state index in [2.05, 4.69) is 10.2 Å². The van der Waals surface area contributed by atoms with E-state index in [4.69, 9.17) is 18.6 Å². The number of nitrogens with zero attached hydrogens (tertiary/aromatic N) is 3. The van der Waals surface area contributed by atoms with E-state index in [0.29, 0.717) is 47.6 Å². The zero-order valence-electron chi connectivity index (χ0n) is 15.8. The fourth-order valence-corrected chi connectivity index (χ4v) is 3.48. The van der Waals surface area contributed by atoms with Gasteiger partial charge in [-0.1, -0.05) is 0 Å². The molecule has 2 aliphatic rings. The number of carbonyl (C=O) groups excluding carboxylic acids is 2. The van der Waals surface area contributed by atoms with Gasteiger partial charge in [0, 0.05) is 30.3 Å². The molecule has 3 heterocycles. The van der Waals surface area contributed by atoms with E-state index in [1.807, 2.05) is 0 Å². The molecule has 1 fully saturated rings. The average molecular weight is 407 g/mol. The molecule has 0 N–H and O–H groups in total. The molecule has 30 heavy (non-hydrogen) atoms. The van der Waals surface area contributed by atoms with Gasteiger partial charge in [0.1, 0.15) is 19.0 Å². The van der Waals surface area contributed by atoms with Gasteiger partial charge >= 0.3 is 5.97 Å². The van der Waals surface area contributed by atoms with Crippen molar-refractivity contribution in [1.29, 1.82) is 0 Å². The van der Waals surface area contributed by atoms with Crippen molar-refractivity contribution in [2.24, 2.45) is 5.92 Å². The Kier molecular flexibility index (Phi) is 4.55. The maximum Gasteiger partial charge on any atom is 0.316 e. The van der Waals surface area contributed by atoms with Gasteiger partial charge in [-0.2, -0.15) is 0 Å². The lowest BCUT2D eigenvalue weighted by molar-refractivity contribution is -0.139. The summed E-state index contributed by atoms with van der Waals surface area (Å²) in [4.78, 5) is 26.7. The molecule has 9 heteroatoms. The first-order valence-electron chi connectivity index (χ1n) is 9.46. The Morgan fingerprint density at radius 2 is 1.87 bits per heavy atom. The summed E-state index contributed by atoms with van der Waals surface area (Å²) in [6, 6.07) is 12.0. The highest BCUT2D eigenvalue weighted by Gasteiger charge is 2.37. The second-order valence-electron chi connectivity index (χ2n) is 6.92. The fraction of sp³-hybridized carbons (Fsp3) is 0.238. The van der Waals surface area contributed by atoms with Gasteiger partial charge in [-0.3, -0.25) is 9.59 Å². The van der Waals surface area contributed by atoms with Gasteiger partial charge in [-0.25, -0.2) is 0 Å². The third kappa shape index (κ3) is 3.45. The quantitative estimate of drug-likeness (QED) is 0.480. The Morgan fingerprint density at radius 3 is 2.63 bits per heavy atom. The molecule has 0 saturated carbocycles. The number of amides is 1. The van der Waals surface area contributed by atoms with Crippen LogP contribution in [-0.2, 0) is 9.59 Å². The van der Waals surface area contributed by atoms with E-state index in [-0.39, 0.29) is 18.9 Å². The standard InChI is InChI=1S/C21H17N3O6/c25-19-9-14(11-24(19)15-3-6-17-18(10-15)28-8-7-27-17)21(26)30-16-4-1-13(2-5-16)20-23-22-12-29-20/h1-6,10,12,14H,7-9,11H2/t14-/m1/s1. The van der Waals surface area contributed by atoms with Crippen LogP contribution in [0.25, 0.3) is 11.5 Å². The zero-order valence-corrected chi connectivity index (χ0v) is 15.8. The van der Waals surface area contributed by atoms with Crippen LogP contribution in [0.4, 0.5) is 5.69 Å². The van der Waals surface area contributed by atoms with Gasteiger partial charge in [0.15, 0.2) is 11.5 Å². The first-order chi connectivity index (χ1) is 14.7. The van der Waals surface area contributed by atoms with Crippen LogP contribution in [0.1, 0.15) is 6.42 Å². The number of hydrogen-bond donors (Lipinski definition) is 0. The molecule has 1 saturated heterocycles. The molecule has 0 radical (unpaired) electrons. The number of fused-ring (bicyclic) bond motifs is 1. The number of benzene rings is 2. The minimum absolute atomic E-state index is 0.0906. The van der Waals surface area contributed by atoms with E-state index < -0.39 is 11.9 Å². The highest BCUT2D eigenvalue weighted by atomic mass is 16.6. The van der Waals surface area contributed by atoms with Gasteiger partial charge in [0.25, 0.3) is 0 Å². The molecule has 0 aliphatic carbocycles. The van der Waals surface area contributed by atoms with Crippen molar-refractivity contribution in [2.45, 2.75) is 6.42 Å². The largest absolute Gasteiger partial charge is 0.486 e. The molecule has 0 spiro atoms. The molecule has 1 aromatic heterocycles. The van der Waals surface area contributed by atoms with Crippen LogP contribution < -0.4 is 19.1 Å². The summed E-state index contributed by atoms with van der Waals surface area (Å²) >= 11 is 0. The van der Waals surface area contributed by atoms with Crippen molar-refractivity contribution in [2.75, 3.05) is 24.7 Å². The zero-order chi connectivity index (χ0) is 20.5. The maximum atomic E-state index is 12.6. The number of aromatic nitrogens is 2. The molecule has 0 unspecified atom stereocenters. The summed E-state index contributed by atoms with van der Waals surface area (Å²) in [5.41, 5.74) is 1.39. The van der Waals surface area contributed by atoms with E-state index in [9.17, 15) is 9.59 Å². The molecule has 0 bridgehead atoms. The van der Waals surface area contributed by atoms with Gasteiger partial charge in [0.05, 0.1) is 5.92 Å². The van der Waals surface area contributed by atoms with Crippen LogP contribution in [0.2, 0.25) is 0 Å². The number of carbonyl (C=O) groups is 2. The maximum absolute atomic E-state index is 12.6. The summed E-state index contributed by atoms with van der Waals surface area (Å²) in [6.07, 6.45) is 1.33. The van der Waals surface area contributed by atoms with Gasteiger partial charge in [-0.05, 0) is 36.4 Å². The first kappa shape index (κ1) is 18.2. The van der Waals surface area contributed by atoms with E-state index in [1.54, 1.807) is 47.4 Å². The van der Waals surface area contributed by atoms with Crippen molar-refractivity contribution < 1.29 is 28.2 Å². The minimum Gasteiger partial charge on any atom is -0.486 e. The van der Waals surface area contributed by atoms with E-state index >= 15 is 0 Å². The van der Waals surface area contributed by atoms with Crippen molar-refractivity contribution in [3.05, 3.63) is 48.9 Å². The number of ether oxygens (including phenoxy) is 3. The molecular weight excluding hydrogens is 390 g/mol. The van der Waals surface area contributed by atoms with Crippen LogP contribution in [0, 0.1) is 5.92 Å². The summed E-state index contributed by atoms with van der Waals surface area (Å²) in [6.45, 7) is 1.21. The molecule has 9 nitrogen and oxygen atoms in total. The fourth-order valence-electron chi connectivity index (χ4n) is 3.48. The van der Waals surface area contributed by atoms with Crippen LogP contribution in [-0.4, -0.2) is 41.8 Å². The summed E-state index contributed by atoms with van der Waals surface area (Å²) < 4.78 is 21.7. The topological polar surface area (TPSA) is 104 Å². The molecule has 152 valence electrons. The third-order valence-corrected chi connectivity index (χ3v) is 4.98. The first-order valence-corrected chi connectivity index (χ1v) is 9.46. The Balaban J connectivity index is 1.25. The monoisotopic (exact) mass is 407 g/mol. The second-order valence-corrected chi connectivity index (χ2v) is 6.92. The van der Waals surface area contributed by atoms with Gasteiger partial charge in [0.2, 0.25) is 18.2 Å². The van der Waals surface area contributed by atoms with Crippen LogP contribution in [0.5, 0.6) is 17.2 Å². The smallest absolute Gasteiger partial charge is 0.316 e. The highest BCUT2D eigenvalue weighted by Crippen LogP contribution is 2.36. The summed E-state index contributed by atoms with van der Waals surface area (Å²) in [7, 11) is 0. The average Bonchev–Trinajstić information content (AvgIpc) is 3.44. The van der Waals surface area contributed by atoms with E-state index in [1.165, 1.54) is 6.39 Å². The molecule has 5 rings (SSSR count). The van der Waals surface area contributed by atoms with Crippen LogP contribution >= 0.6 is 0 Å². The highest BCUT2D eigenvalue weighted by molar-refractivity contribution is 6.00. The Hall–Kier alpha value is -3.88. The Morgan fingerprint density at radius 1 is 1.07 bits per heavy atom. The van der Waals surface area contributed by atoms with Crippen molar-refractivity contribution in [3.8, 4) is 28.7 Å². The molecule has 1 amide bonds.